The Hall–Kier alpha value is -1.26. The van der Waals surface area contributed by atoms with Crippen LogP contribution in [-0.2, 0) is 11.3 Å². The molecule has 0 saturated carbocycles. The molecular weight excluding hydrogens is 230 g/mol. The first-order valence-corrected chi connectivity index (χ1v) is 6.43. The number of hydrogen-bond donors (Lipinski definition) is 1. The van der Waals surface area contributed by atoms with Crippen LogP contribution in [0.3, 0.4) is 0 Å². The van der Waals surface area contributed by atoms with Crippen LogP contribution < -0.4 is 4.74 Å². The summed E-state index contributed by atoms with van der Waals surface area (Å²) >= 11 is 0. The maximum absolute atomic E-state index is 9.65. The minimum Gasteiger partial charge on any atom is -0.504 e. The number of phenols is 1. The summed E-state index contributed by atoms with van der Waals surface area (Å²) in [4.78, 5) is 2.29. The van der Waals surface area contributed by atoms with Gasteiger partial charge >= 0.3 is 0 Å². The summed E-state index contributed by atoms with van der Waals surface area (Å²) in [6.45, 7) is 4.98. The topological polar surface area (TPSA) is 41.9 Å². The summed E-state index contributed by atoms with van der Waals surface area (Å²) in [6.07, 6.45) is 1.09. The Morgan fingerprint density at radius 3 is 3.00 bits per heavy atom. The molecule has 1 aliphatic heterocycles. The van der Waals surface area contributed by atoms with Crippen molar-refractivity contribution < 1.29 is 14.6 Å². The van der Waals surface area contributed by atoms with E-state index in [9.17, 15) is 5.11 Å². The van der Waals surface area contributed by atoms with Gasteiger partial charge in [0.15, 0.2) is 11.5 Å². The molecule has 1 N–H and O–H groups in total. The van der Waals surface area contributed by atoms with Gasteiger partial charge in [0, 0.05) is 19.2 Å². The van der Waals surface area contributed by atoms with Crippen LogP contribution in [0, 0.1) is 0 Å². The van der Waals surface area contributed by atoms with E-state index in [2.05, 4.69) is 11.9 Å². The van der Waals surface area contributed by atoms with E-state index >= 15 is 0 Å². The zero-order valence-corrected chi connectivity index (χ0v) is 11.1. The Bertz CT molecular complexity index is 389. The Balaban J connectivity index is 2.01. The summed E-state index contributed by atoms with van der Waals surface area (Å²) in [5.41, 5.74) is 1.14. The first-order valence-electron chi connectivity index (χ1n) is 6.43. The van der Waals surface area contributed by atoms with Gasteiger partial charge in [0.1, 0.15) is 0 Å². The Morgan fingerprint density at radius 2 is 2.33 bits per heavy atom. The Kier molecular flexibility index (Phi) is 4.44. The Labute approximate surface area is 108 Å². The van der Waals surface area contributed by atoms with Crippen molar-refractivity contribution in [2.75, 3.05) is 26.9 Å². The molecule has 0 aliphatic carbocycles. The van der Waals surface area contributed by atoms with Crippen molar-refractivity contribution >= 4 is 0 Å². The molecule has 18 heavy (non-hydrogen) atoms. The van der Waals surface area contributed by atoms with E-state index in [1.807, 2.05) is 19.1 Å². The second-order valence-corrected chi connectivity index (χ2v) is 4.67. The van der Waals surface area contributed by atoms with Crippen LogP contribution in [-0.4, -0.2) is 42.9 Å². The van der Waals surface area contributed by atoms with Crippen molar-refractivity contribution in [3.8, 4) is 11.5 Å². The normalized spacial score (nSPS) is 19.4. The van der Waals surface area contributed by atoms with E-state index in [1.165, 1.54) is 0 Å². The van der Waals surface area contributed by atoms with E-state index in [4.69, 9.17) is 9.47 Å². The van der Waals surface area contributed by atoms with Crippen molar-refractivity contribution in [2.45, 2.75) is 25.9 Å². The highest BCUT2D eigenvalue weighted by atomic mass is 16.5. The average Bonchev–Trinajstić information content (AvgIpc) is 2.87. The number of rotatable bonds is 5. The SMILES string of the molecule is CCOc1cc(CN(C)C2CCOC2)ccc1O. The van der Waals surface area contributed by atoms with Gasteiger partial charge in [0.25, 0.3) is 0 Å². The molecule has 1 fully saturated rings. The van der Waals surface area contributed by atoms with Gasteiger partial charge in [-0.3, -0.25) is 4.90 Å². The molecule has 0 aromatic heterocycles. The molecule has 0 spiro atoms. The molecule has 2 rings (SSSR count). The molecular formula is C14H21NO3. The number of ether oxygens (including phenoxy) is 2. The maximum Gasteiger partial charge on any atom is 0.161 e. The van der Waals surface area contributed by atoms with Gasteiger partial charge in [-0.05, 0) is 38.1 Å². The van der Waals surface area contributed by atoms with Gasteiger partial charge in [0.2, 0.25) is 0 Å². The van der Waals surface area contributed by atoms with Gasteiger partial charge < -0.3 is 14.6 Å². The van der Waals surface area contributed by atoms with Crippen molar-refractivity contribution in [2.24, 2.45) is 0 Å². The van der Waals surface area contributed by atoms with Gasteiger partial charge in [-0.1, -0.05) is 6.07 Å². The van der Waals surface area contributed by atoms with Crippen LogP contribution in [0.15, 0.2) is 18.2 Å². The molecule has 0 amide bonds. The lowest BCUT2D eigenvalue weighted by Crippen LogP contribution is -2.31. The second kappa shape index (κ2) is 6.07. The fourth-order valence-corrected chi connectivity index (χ4v) is 2.21. The lowest BCUT2D eigenvalue weighted by molar-refractivity contribution is 0.156. The molecule has 1 heterocycles. The highest BCUT2D eigenvalue weighted by Crippen LogP contribution is 2.27. The first-order chi connectivity index (χ1) is 8.70. The third kappa shape index (κ3) is 3.15. The number of benzene rings is 1. The highest BCUT2D eigenvalue weighted by molar-refractivity contribution is 5.41. The van der Waals surface area contributed by atoms with Crippen LogP contribution in [0.25, 0.3) is 0 Å². The van der Waals surface area contributed by atoms with E-state index < -0.39 is 0 Å². The van der Waals surface area contributed by atoms with Crippen LogP contribution in [0.4, 0.5) is 0 Å². The summed E-state index contributed by atoms with van der Waals surface area (Å²) < 4.78 is 10.8. The van der Waals surface area contributed by atoms with E-state index in [0.717, 1.165) is 31.7 Å². The molecule has 4 nitrogen and oxygen atoms in total. The number of nitrogens with zero attached hydrogens (tertiary/aromatic N) is 1. The minimum atomic E-state index is 0.201. The van der Waals surface area contributed by atoms with Crippen molar-refractivity contribution in [1.29, 1.82) is 0 Å². The molecule has 0 bridgehead atoms. The number of aromatic hydroxyl groups is 1. The molecule has 1 unspecified atom stereocenters. The van der Waals surface area contributed by atoms with Crippen LogP contribution in [0.2, 0.25) is 0 Å². The molecule has 1 aromatic rings. The zero-order chi connectivity index (χ0) is 13.0. The number of phenolic OH excluding ortho intramolecular Hbond substituents is 1. The highest BCUT2D eigenvalue weighted by Gasteiger charge is 2.20. The third-order valence-corrected chi connectivity index (χ3v) is 3.29. The number of hydrogen-bond acceptors (Lipinski definition) is 4. The van der Waals surface area contributed by atoms with E-state index in [-0.39, 0.29) is 5.75 Å². The lowest BCUT2D eigenvalue weighted by Gasteiger charge is -2.23. The summed E-state index contributed by atoms with van der Waals surface area (Å²) in [5, 5.41) is 9.65. The van der Waals surface area contributed by atoms with Crippen molar-refractivity contribution in [1.82, 2.24) is 4.90 Å². The average molecular weight is 251 g/mol. The Morgan fingerprint density at radius 1 is 1.50 bits per heavy atom. The van der Waals surface area contributed by atoms with Crippen LogP contribution in [0.1, 0.15) is 18.9 Å². The third-order valence-electron chi connectivity index (χ3n) is 3.29. The maximum atomic E-state index is 9.65. The quantitative estimate of drug-likeness (QED) is 0.869. The monoisotopic (exact) mass is 251 g/mol. The lowest BCUT2D eigenvalue weighted by atomic mass is 10.1. The van der Waals surface area contributed by atoms with E-state index in [1.54, 1.807) is 6.07 Å². The molecule has 4 heteroatoms. The molecule has 1 aliphatic rings. The summed E-state index contributed by atoms with van der Waals surface area (Å²) in [5.74, 6) is 0.763. The largest absolute Gasteiger partial charge is 0.504 e. The molecule has 1 aromatic carbocycles. The summed E-state index contributed by atoms with van der Waals surface area (Å²) in [6, 6.07) is 6.03. The number of likely N-dealkylation sites (N-methyl/N-ethyl adjacent to an activating group) is 1. The van der Waals surface area contributed by atoms with Gasteiger partial charge in [0.05, 0.1) is 13.2 Å². The van der Waals surface area contributed by atoms with Gasteiger partial charge in [-0.2, -0.15) is 0 Å². The minimum absolute atomic E-state index is 0.201. The molecule has 1 saturated heterocycles. The van der Waals surface area contributed by atoms with E-state index in [0.29, 0.717) is 18.4 Å². The van der Waals surface area contributed by atoms with Crippen LogP contribution in [0.5, 0.6) is 11.5 Å². The standard InChI is InChI=1S/C14H21NO3/c1-3-18-14-8-11(4-5-13(14)16)9-15(2)12-6-7-17-10-12/h4-5,8,12,16H,3,6-7,9-10H2,1-2H3. The fraction of sp³-hybridized carbons (Fsp3) is 0.571. The zero-order valence-electron chi connectivity index (χ0n) is 11.1. The van der Waals surface area contributed by atoms with Crippen molar-refractivity contribution in [3.63, 3.8) is 0 Å². The smallest absolute Gasteiger partial charge is 0.161 e. The predicted octanol–water partition coefficient (Wildman–Crippen LogP) is 2.01. The fourth-order valence-electron chi connectivity index (χ4n) is 2.21. The molecule has 100 valence electrons. The van der Waals surface area contributed by atoms with Gasteiger partial charge in [-0.15, -0.1) is 0 Å². The second-order valence-electron chi connectivity index (χ2n) is 4.67. The van der Waals surface area contributed by atoms with Gasteiger partial charge in [-0.25, -0.2) is 0 Å². The molecule has 0 radical (unpaired) electrons. The van der Waals surface area contributed by atoms with Crippen LogP contribution >= 0.6 is 0 Å². The first kappa shape index (κ1) is 13.2. The predicted molar refractivity (Wildman–Crippen MR) is 70.0 cm³/mol. The molecule has 1 atom stereocenters. The van der Waals surface area contributed by atoms with Crippen molar-refractivity contribution in [3.05, 3.63) is 23.8 Å². The summed E-state index contributed by atoms with van der Waals surface area (Å²) in [7, 11) is 2.10.